The predicted octanol–water partition coefficient (Wildman–Crippen LogP) is 4.59. The minimum Gasteiger partial charge on any atom is -0.493 e. The van der Waals surface area contributed by atoms with Crippen LogP contribution in [0.4, 0.5) is 5.69 Å². The number of aliphatic hydroxyl groups excluding tert-OH is 1. The van der Waals surface area contributed by atoms with E-state index in [1.165, 1.54) is 0 Å². The summed E-state index contributed by atoms with van der Waals surface area (Å²) in [7, 11) is 1.56. The van der Waals surface area contributed by atoms with E-state index in [-0.39, 0.29) is 0 Å². The lowest BCUT2D eigenvalue weighted by atomic mass is 9.98. The molecule has 5 heteroatoms. The number of rotatable bonds is 6. The van der Waals surface area contributed by atoms with Crippen LogP contribution in [0.1, 0.15) is 22.8 Å². The van der Waals surface area contributed by atoms with Crippen LogP contribution < -0.4 is 15.2 Å². The first-order chi connectivity index (χ1) is 12.6. The highest BCUT2D eigenvalue weighted by Gasteiger charge is 2.21. The summed E-state index contributed by atoms with van der Waals surface area (Å²) in [5.74, 6) is 1.02. The fourth-order valence-corrected chi connectivity index (χ4v) is 2.92. The third-order valence-corrected chi connectivity index (χ3v) is 4.33. The van der Waals surface area contributed by atoms with Crippen molar-refractivity contribution in [1.82, 2.24) is 0 Å². The van der Waals surface area contributed by atoms with E-state index >= 15 is 0 Å². The molecule has 4 nitrogen and oxygen atoms in total. The molecule has 0 aliphatic carbocycles. The average molecular weight is 370 g/mol. The van der Waals surface area contributed by atoms with Crippen molar-refractivity contribution >= 4 is 17.3 Å². The molecule has 0 aliphatic rings. The van der Waals surface area contributed by atoms with Gasteiger partial charge < -0.3 is 20.3 Å². The molecule has 0 aromatic heterocycles. The molecule has 3 aromatic rings. The summed E-state index contributed by atoms with van der Waals surface area (Å²) >= 11 is 6.07. The van der Waals surface area contributed by atoms with Gasteiger partial charge in [0.25, 0.3) is 0 Å². The molecule has 3 aromatic carbocycles. The van der Waals surface area contributed by atoms with Crippen molar-refractivity contribution in [2.45, 2.75) is 12.7 Å². The van der Waals surface area contributed by atoms with Gasteiger partial charge in [-0.05, 0) is 29.8 Å². The largest absolute Gasteiger partial charge is 0.493 e. The molecule has 3 rings (SSSR count). The standard InChI is InChI=1S/C21H20ClNO3/c1-25-19-9-5-8-16(20(24)17-12-15(22)10-11-18(17)23)21(19)26-13-14-6-3-2-4-7-14/h2-12,20,24H,13,23H2,1H3. The Bertz CT molecular complexity index is 884. The number of nitrogens with two attached hydrogens (primary N) is 1. The van der Waals surface area contributed by atoms with Crippen LogP contribution in [0.3, 0.4) is 0 Å². The Hall–Kier alpha value is -2.69. The number of halogens is 1. The van der Waals surface area contributed by atoms with Crippen molar-refractivity contribution in [3.05, 3.63) is 88.4 Å². The van der Waals surface area contributed by atoms with Crippen LogP contribution in [-0.4, -0.2) is 12.2 Å². The summed E-state index contributed by atoms with van der Waals surface area (Å²) in [5.41, 5.74) is 8.58. The Morgan fingerprint density at radius 3 is 2.50 bits per heavy atom. The molecular formula is C21H20ClNO3. The van der Waals surface area contributed by atoms with Crippen molar-refractivity contribution in [2.24, 2.45) is 0 Å². The number of benzene rings is 3. The van der Waals surface area contributed by atoms with E-state index in [4.69, 9.17) is 26.8 Å². The molecular weight excluding hydrogens is 350 g/mol. The van der Waals surface area contributed by atoms with Gasteiger partial charge in [-0.2, -0.15) is 0 Å². The van der Waals surface area contributed by atoms with Crippen LogP contribution in [0.25, 0.3) is 0 Å². The van der Waals surface area contributed by atoms with E-state index in [0.29, 0.717) is 39.9 Å². The first-order valence-corrected chi connectivity index (χ1v) is 8.54. The monoisotopic (exact) mass is 369 g/mol. The molecule has 3 N–H and O–H groups in total. The van der Waals surface area contributed by atoms with Crippen LogP contribution in [-0.2, 0) is 6.61 Å². The predicted molar refractivity (Wildman–Crippen MR) is 104 cm³/mol. The lowest BCUT2D eigenvalue weighted by Crippen LogP contribution is -2.08. The fourth-order valence-electron chi connectivity index (χ4n) is 2.74. The Labute approximate surface area is 157 Å². The molecule has 0 saturated heterocycles. The van der Waals surface area contributed by atoms with Gasteiger partial charge in [0, 0.05) is 21.8 Å². The summed E-state index contributed by atoms with van der Waals surface area (Å²) in [6, 6.07) is 20.2. The van der Waals surface area contributed by atoms with Gasteiger partial charge in [-0.15, -0.1) is 0 Å². The number of anilines is 1. The maximum Gasteiger partial charge on any atom is 0.167 e. The van der Waals surface area contributed by atoms with Gasteiger partial charge >= 0.3 is 0 Å². The minimum atomic E-state index is -0.991. The zero-order valence-corrected chi connectivity index (χ0v) is 15.1. The molecule has 0 fully saturated rings. The Morgan fingerprint density at radius 2 is 1.77 bits per heavy atom. The molecule has 0 radical (unpaired) electrons. The van der Waals surface area contributed by atoms with E-state index < -0.39 is 6.10 Å². The average Bonchev–Trinajstić information content (AvgIpc) is 2.68. The second-order valence-electron chi connectivity index (χ2n) is 5.83. The van der Waals surface area contributed by atoms with Crippen LogP contribution in [0.5, 0.6) is 11.5 Å². The number of hydrogen-bond donors (Lipinski definition) is 2. The molecule has 0 heterocycles. The van der Waals surface area contributed by atoms with Gasteiger partial charge in [0.05, 0.1) is 7.11 Å². The van der Waals surface area contributed by atoms with E-state index in [2.05, 4.69) is 0 Å². The highest BCUT2D eigenvalue weighted by molar-refractivity contribution is 6.30. The highest BCUT2D eigenvalue weighted by atomic mass is 35.5. The van der Waals surface area contributed by atoms with Crippen LogP contribution in [0, 0.1) is 0 Å². The van der Waals surface area contributed by atoms with E-state index in [0.717, 1.165) is 5.56 Å². The van der Waals surface area contributed by atoms with Gasteiger partial charge in [-0.1, -0.05) is 54.1 Å². The lowest BCUT2D eigenvalue weighted by Gasteiger charge is -2.20. The zero-order chi connectivity index (χ0) is 18.5. The van der Waals surface area contributed by atoms with E-state index in [1.54, 1.807) is 43.5 Å². The lowest BCUT2D eigenvalue weighted by molar-refractivity contribution is 0.206. The van der Waals surface area contributed by atoms with E-state index in [1.807, 2.05) is 30.3 Å². The Kier molecular flexibility index (Phi) is 5.66. The molecule has 0 saturated carbocycles. The molecule has 1 unspecified atom stereocenters. The fraction of sp³-hybridized carbons (Fsp3) is 0.143. The normalized spacial score (nSPS) is 11.8. The van der Waals surface area contributed by atoms with Crippen LogP contribution in [0.2, 0.25) is 5.02 Å². The van der Waals surface area contributed by atoms with Crippen molar-refractivity contribution in [2.75, 3.05) is 12.8 Å². The van der Waals surface area contributed by atoms with Crippen molar-refractivity contribution in [1.29, 1.82) is 0 Å². The first kappa shape index (κ1) is 18.1. The molecule has 0 spiro atoms. The summed E-state index contributed by atoms with van der Waals surface area (Å²) in [6.07, 6.45) is -0.991. The second kappa shape index (κ2) is 8.13. The molecule has 1 atom stereocenters. The number of ether oxygens (including phenoxy) is 2. The number of hydrogen-bond acceptors (Lipinski definition) is 4. The van der Waals surface area contributed by atoms with Gasteiger partial charge in [0.2, 0.25) is 0 Å². The van der Waals surface area contributed by atoms with Gasteiger partial charge in [-0.25, -0.2) is 0 Å². The maximum atomic E-state index is 10.9. The van der Waals surface area contributed by atoms with Crippen molar-refractivity contribution < 1.29 is 14.6 Å². The van der Waals surface area contributed by atoms with E-state index in [9.17, 15) is 5.11 Å². The van der Waals surface area contributed by atoms with Crippen molar-refractivity contribution in [3.63, 3.8) is 0 Å². The number of methoxy groups -OCH3 is 1. The molecule has 0 bridgehead atoms. The number of nitrogen functional groups attached to an aromatic ring is 1. The molecule has 26 heavy (non-hydrogen) atoms. The molecule has 134 valence electrons. The highest BCUT2D eigenvalue weighted by Crippen LogP contribution is 2.39. The van der Waals surface area contributed by atoms with Gasteiger partial charge in [0.15, 0.2) is 11.5 Å². The van der Waals surface area contributed by atoms with Crippen LogP contribution >= 0.6 is 11.6 Å². The van der Waals surface area contributed by atoms with Gasteiger partial charge in [0.1, 0.15) is 12.7 Å². The second-order valence-corrected chi connectivity index (χ2v) is 6.27. The Morgan fingerprint density at radius 1 is 1.00 bits per heavy atom. The summed E-state index contributed by atoms with van der Waals surface area (Å²) in [5, 5.41) is 11.4. The topological polar surface area (TPSA) is 64.7 Å². The van der Waals surface area contributed by atoms with Crippen LogP contribution in [0.15, 0.2) is 66.7 Å². The SMILES string of the molecule is COc1cccc(C(O)c2cc(Cl)ccc2N)c1OCc1ccccc1. The smallest absolute Gasteiger partial charge is 0.167 e. The third kappa shape index (κ3) is 3.93. The zero-order valence-electron chi connectivity index (χ0n) is 14.4. The summed E-state index contributed by atoms with van der Waals surface area (Å²) < 4.78 is 11.4. The summed E-state index contributed by atoms with van der Waals surface area (Å²) in [6.45, 7) is 0.353. The quantitative estimate of drug-likeness (QED) is 0.623. The number of aliphatic hydroxyl groups is 1. The first-order valence-electron chi connectivity index (χ1n) is 8.16. The Balaban J connectivity index is 1.97. The molecule has 0 aliphatic heterocycles. The maximum absolute atomic E-state index is 10.9. The summed E-state index contributed by atoms with van der Waals surface area (Å²) in [4.78, 5) is 0. The van der Waals surface area contributed by atoms with Crippen molar-refractivity contribution in [3.8, 4) is 11.5 Å². The number of para-hydroxylation sites is 1. The third-order valence-electron chi connectivity index (χ3n) is 4.09. The van der Waals surface area contributed by atoms with Gasteiger partial charge in [-0.3, -0.25) is 0 Å². The minimum absolute atomic E-state index is 0.353. The molecule has 0 amide bonds.